The highest BCUT2D eigenvalue weighted by molar-refractivity contribution is 7.22. The third-order valence-corrected chi connectivity index (χ3v) is 6.59. The van der Waals surface area contributed by atoms with E-state index in [1.54, 1.807) is 11.3 Å². The molecule has 1 aromatic heterocycles. The van der Waals surface area contributed by atoms with E-state index in [9.17, 15) is 4.79 Å². The van der Waals surface area contributed by atoms with Crippen LogP contribution in [0.1, 0.15) is 18.9 Å². The Hall–Kier alpha value is -1.86. The number of likely N-dealkylation sites (N-methyl/N-ethyl adjacent to an activating group) is 1. The molecule has 2 fully saturated rings. The number of rotatable bonds is 1. The summed E-state index contributed by atoms with van der Waals surface area (Å²) in [6.07, 6.45) is 1.88. The molecule has 0 radical (unpaired) electrons. The molecule has 3 aliphatic rings. The Kier molecular flexibility index (Phi) is 3.06. The van der Waals surface area contributed by atoms with Crippen molar-refractivity contribution in [3.63, 3.8) is 0 Å². The Morgan fingerprint density at radius 3 is 3.17 bits per heavy atom. The molecule has 3 atom stereocenters. The Morgan fingerprint density at radius 1 is 1.42 bits per heavy atom. The van der Waals surface area contributed by atoms with E-state index >= 15 is 0 Å². The second-order valence-electron chi connectivity index (χ2n) is 7.00. The van der Waals surface area contributed by atoms with Crippen molar-refractivity contribution < 1.29 is 9.53 Å². The van der Waals surface area contributed by atoms with Crippen molar-refractivity contribution in [3.8, 4) is 5.75 Å². The van der Waals surface area contributed by atoms with E-state index in [2.05, 4.69) is 30.3 Å². The van der Waals surface area contributed by atoms with Crippen molar-refractivity contribution in [2.75, 3.05) is 25.1 Å². The molecule has 5 rings (SSSR count). The lowest BCUT2D eigenvalue weighted by Gasteiger charge is -2.38. The number of benzene rings is 1. The fraction of sp³-hybridized carbons (Fsp3) is 0.529. The van der Waals surface area contributed by atoms with Crippen LogP contribution in [0.5, 0.6) is 5.75 Å². The topological polar surface area (TPSA) is 57.7 Å². The normalized spacial score (nSPS) is 29.5. The average molecular weight is 344 g/mol. The summed E-state index contributed by atoms with van der Waals surface area (Å²) in [6.45, 7) is 3.81. The van der Waals surface area contributed by atoms with Crippen LogP contribution in [0, 0.1) is 0 Å². The van der Waals surface area contributed by atoms with Gasteiger partial charge in [0.25, 0.3) is 0 Å². The lowest BCUT2D eigenvalue weighted by Crippen LogP contribution is -2.53. The van der Waals surface area contributed by atoms with Crippen LogP contribution in [-0.2, 0) is 6.42 Å². The number of thiazole rings is 1. The standard InChI is InChI=1S/C17H20N4O2S/c1-9-7-11-12(8-20(9)2)21(16(22)18-11)17-19-15-10-5-6-23-13(10)3-4-14(15)24-17/h3-4,9,11-12H,5-8H2,1-2H3,(H,18,22)/t9-,11+,12?/m0/s1. The summed E-state index contributed by atoms with van der Waals surface area (Å²) in [5.41, 5.74) is 2.18. The first-order valence-electron chi connectivity index (χ1n) is 8.47. The molecule has 1 aromatic carbocycles. The first kappa shape index (κ1) is 14.5. The largest absolute Gasteiger partial charge is 0.493 e. The number of hydrogen-bond acceptors (Lipinski definition) is 5. The fourth-order valence-corrected chi connectivity index (χ4v) is 5.14. The first-order valence-corrected chi connectivity index (χ1v) is 9.28. The zero-order valence-corrected chi connectivity index (χ0v) is 14.6. The highest BCUT2D eigenvalue weighted by atomic mass is 32.1. The van der Waals surface area contributed by atoms with Gasteiger partial charge in [0, 0.05) is 24.6 Å². The molecule has 1 N–H and O–H groups in total. The van der Waals surface area contributed by atoms with Crippen LogP contribution in [0.2, 0.25) is 0 Å². The second kappa shape index (κ2) is 5.07. The Morgan fingerprint density at radius 2 is 2.29 bits per heavy atom. The maximum atomic E-state index is 12.6. The summed E-state index contributed by atoms with van der Waals surface area (Å²) >= 11 is 1.60. The lowest BCUT2D eigenvalue weighted by atomic mass is 9.95. The molecule has 126 valence electrons. The van der Waals surface area contributed by atoms with Gasteiger partial charge in [-0.05, 0) is 32.5 Å². The van der Waals surface area contributed by atoms with Crippen molar-refractivity contribution in [2.45, 2.75) is 37.9 Å². The maximum Gasteiger partial charge on any atom is 0.324 e. The van der Waals surface area contributed by atoms with E-state index in [0.717, 1.165) is 47.1 Å². The molecule has 0 saturated carbocycles. The number of nitrogens with one attached hydrogen (secondary N) is 1. The van der Waals surface area contributed by atoms with Gasteiger partial charge < -0.3 is 15.0 Å². The summed E-state index contributed by atoms with van der Waals surface area (Å²) in [6, 6.07) is 4.92. The maximum absolute atomic E-state index is 12.6. The molecule has 0 aliphatic carbocycles. The summed E-state index contributed by atoms with van der Waals surface area (Å²) in [5.74, 6) is 0.939. The molecular formula is C17H20N4O2S. The van der Waals surface area contributed by atoms with E-state index < -0.39 is 0 Å². The number of anilines is 1. The quantitative estimate of drug-likeness (QED) is 0.862. The van der Waals surface area contributed by atoms with Crippen LogP contribution in [0.3, 0.4) is 0 Å². The molecule has 7 heteroatoms. The van der Waals surface area contributed by atoms with Gasteiger partial charge in [-0.15, -0.1) is 0 Å². The van der Waals surface area contributed by atoms with Crippen LogP contribution in [-0.4, -0.2) is 54.2 Å². The van der Waals surface area contributed by atoms with Gasteiger partial charge in [0.15, 0.2) is 5.13 Å². The lowest BCUT2D eigenvalue weighted by molar-refractivity contribution is 0.167. The summed E-state index contributed by atoms with van der Waals surface area (Å²) in [7, 11) is 2.13. The predicted octanol–water partition coefficient (Wildman–Crippen LogP) is 2.22. The van der Waals surface area contributed by atoms with Crippen LogP contribution in [0.15, 0.2) is 12.1 Å². The molecule has 6 nitrogen and oxygen atoms in total. The third kappa shape index (κ3) is 1.97. The molecule has 1 unspecified atom stereocenters. The Balaban J connectivity index is 1.56. The molecule has 2 amide bonds. The number of nitrogens with zero attached hydrogens (tertiary/aromatic N) is 3. The SMILES string of the molecule is C[C@H]1C[C@H]2NC(=O)N(c3nc4c5c(ccc4s3)OCC5)C2CN1C. The minimum atomic E-state index is -0.0144. The average Bonchev–Trinajstić information content (AvgIpc) is 3.22. The number of carbonyl (C=O) groups is 1. The Labute approximate surface area is 144 Å². The number of ether oxygens (including phenoxy) is 1. The number of aromatic nitrogens is 1. The van der Waals surface area contributed by atoms with Crippen molar-refractivity contribution in [1.82, 2.24) is 15.2 Å². The van der Waals surface area contributed by atoms with Gasteiger partial charge in [-0.1, -0.05) is 11.3 Å². The number of amides is 2. The molecule has 2 aromatic rings. The van der Waals surface area contributed by atoms with Crippen molar-refractivity contribution in [3.05, 3.63) is 17.7 Å². The molecule has 2 saturated heterocycles. The number of piperidine rings is 1. The molecule has 0 bridgehead atoms. The molecule has 4 heterocycles. The summed E-state index contributed by atoms with van der Waals surface area (Å²) < 4.78 is 6.77. The Bertz CT molecular complexity index is 835. The minimum absolute atomic E-state index is 0.0144. The summed E-state index contributed by atoms with van der Waals surface area (Å²) in [4.78, 5) is 21.6. The highest BCUT2D eigenvalue weighted by Crippen LogP contribution is 2.39. The zero-order chi connectivity index (χ0) is 16.4. The van der Waals surface area contributed by atoms with Crippen LogP contribution < -0.4 is 15.0 Å². The van der Waals surface area contributed by atoms with E-state index in [0.29, 0.717) is 6.04 Å². The van der Waals surface area contributed by atoms with Crippen molar-refractivity contribution in [1.29, 1.82) is 0 Å². The van der Waals surface area contributed by atoms with E-state index in [-0.39, 0.29) is 18.1 Å². The van der Waals surface area contributed by atoms with Gasteiger partial charge in [0.1, 0.15) is 5.75 Å². The summed E-state index contributed by atoms with van der Waals surface area (Å²) in [5, 5.41) is 3.96. The smallest absolute Gasteiger partial charge is 0.324 e. The monoisotopic (exact) mass is 344 g/mol. The van der Waals surface area contributed by atoms with Gasteiger partial charge in [-0.2, -0.15) is 0 Å². The molecule has 3 aliphatic heterocycles. The van der Waals surface area contributed by atoms with Crippen LogP contribution in [0.25, 0.3) is 10.2 Å². The van der Waals surface area contributed by atoms with Gasteiger partial charge in [0.2, 0.25) is 0 Å². The number of likely N-dealkylation sites (tertiary alicyclic amines) is 1. The van der Waals surface area contributed by atoms with Crippen LogP contribution >= 0.6 is 11.3 Å². The molecule has 24 heavy (non-hydrogen) atoms. The molecular weight excluding hydrogens is 324 g/mol. The van der Waals surface area contributed by atoms with Crippen molar-refractivity contribution >= 4 is 32.7 Å². The van der Waals surface area contributed by atoms with E-state index in [1.807, 2.05) is 11.0 Å². The highest BCUT2D eigenvalue weighted by Gasteiger charge is 2.45. The zero-order valence-electron chi connectivity index (χ0n) is 13.8. The second-order valence-corrected chi connectivity index (χ2v) is 8.01. The fourth-order valence-electron chi connectivity index (χ4n) is 4.09. The van der Waals surface area contributed by atoms with Gasteiger partial charge >= 0.3 is 6.03 Å². The van der Waals surface area contributed by atoms with Crippen LogP contribution in [0.4, 0.5) is 9.93 Å². The number of fused-ring (bicyclic) bond motifs is 4. The number of carbonyl (C=O) groups excluding carboxylic acids is 1. The number of hydrogen-bond donors (Lipinski definition) is 1. The first-order chi connectivity index (χ1) is 11.6. The predicted molar refractivity (Wildman–Crippen MR) is 94.1 cm³/mol. The molecule has 0 spiro atoms. The van der Waals surface area contributed by atoms with Gasteiger partial charge in [-0.3, -0.25) is 4.90 Å². The van der Waals surface area contributed by atoms with Crippen molar-refractivity contribution in [2.24, 2.45) is 0 Å². The van der Waals surface area contributed by atoms with Gasteiger partial charge in [0.05, 0.1) is 28.9 Å². The van der Waals surface area contributed by atoms with E-state index in [1.165, 1.54) is 5.56 Å². The number of urea groups is 1. The third-order valence-electron chi connectivity index (χ3n) is 5.57. The van der Waals surface area contributed by atoms with Gasteiger partial charge in [-0.25, -0.2) is 9.78 Å². The van der Waals surface area contributed by atoms with E-state index in [4.69, 9.17) is 9.72 Å². The minimum Gasteiger partial charge on any atom is -0.493 e.